The van der Waals surface area contributed by atoms with E-state index in [1.807, 2.05) is 24.2 Å². The fourth-order valence-corrected chi connectivity index (χ4v) is 2.20. The molecule has 1 aliphatic heterocycles. The quantitative estimate of drug-likeness (QED) is 0.857. The van der Waals surface area contributed by atoms with Crippen molar-refractivity contribution in [1.82, 2.24) is 5.01 Å². The number of hydrogen-bond donors (Lipinski definition) is 1. The van der Waals surface area contributed by atoms with E-state index in [-0.39, 0.29) is 5.91 Å². The molecule has 0 aliphatic carbocycles. The molecule has 0 aromatic heterocycles. The van der Waals surface area contributed by atoms with Crippen LogP contribution in [0, 0.1) is 0 Å². The van der Waals surface area contributed by atoms with Crippen LogP contribution in [0.15, 0.2) is 24.3 Å². The fourth-order valence-electron chi connectivity index (χ4n) is 2.20. The Bertz CT molecular complexity index is 419. The standard InChI is InChI=1S/C13H19N3O/c1-10(9-14)11-5-3-4-6-12(11)16-8-7-13(17)15(16)2/h3-6,10H,7-9,14H2,1-2H3. The number of benzene rings is 1. The molecule has 92 valence electrons. The van der Waals surface area contributed by atoms with Gasteiger partial charge in [-0.1, -0.05) is 25.1 Å². The highest BCUT2D eigenvalue weighted by molar-refractivity contribution is 5.82. The number of hydrazine groups is 1. The van der Waals surface area contributed by atoms with Crippen molar-refractivity contribution in [3.05, 3.63) is 29.8 Å². The second-order valence-electron chi connectivity index (χ2n) is 4.49. The average molecular weight is 233 g/mol. The van der Waals surface area contributed by atoms with Crippen LogP contribution >= 0.6 is 0 Å². The molecule has 1 aliphatic rings. The number of rotatable bonds is 3. The minimum absolute atomic E-state index is 0.167. The molecule has 1 atom stereocenters. The van der Waals surface area contributed by atoms with Gasteiger partial charge in [0.1, 0.15) is 0 Å². The molecule has 4 nitrogen and oxygen atoms in total. The zero-order valence-electron chi connectivity index (χ0n) is 10.4. The zero-order valence-corrected chi connectivity index (χ0v) is 10.4. The minimum atomic E-state index is 0.167. The molecule has 4 heteroatoms. The zero-order chi connectivity index (χ0) is 12.4. The summed E-state index contributed by atoms with van der Waals surface area (Å²) in [4.78, 5) is 11.6. The van der Waals surface area contributed by atoms with Crippen molar-refractivity contribution in [3.8, 4) is 0 Å². The maximum atomic E-state index is 11.6. The normalized spacial score (nSPS) is 17.7. The Morgan fingerprint density at radius 2 is 2.12 bits per heavy atom. The minimum Gasteiger partial charge on any atom is -0.330 e. The first-order valence-corrected chi connectivity index (χ1v) is 5.98. The number of carbonyl (C=O) groups is 1. The molecule has 17 heavy (non-hydrogen) atoms. The number of amides is 1. The average Bonchev–Trinajstić information content (AvgIpc) is 2.69. The molecule has 1 aromatic rings. The first-order chi connectivity index (χ1) is 8.15. The lowest BCUT2D eigenvalue weighted by Gasteiger charge is -2.29. The predicted molar refractivity (Wildman–Crippen MR) is 68.6 cm³/mol. The summed E-state index contributed by atoms with van der Waals surface area (Å²) in [6.45, 7) is 3.48. The molecule has 1 heterocycles. The van der Waals surface area contributed by atoms with E-state index in [0.717, 1.165) is 12.2 Å². The summed E-state index contributed by atoms with van der Waals surface area (Å²) in [5.41, 5.74) is 8.04. The van der Waals surface area contributed by atoms with Gasteiger partial charge < -0.3 is 5.73 Å². The van der Waals surface area contributed by atoms with Gasteiger partial charge in [-0.25, -0.2) is 0 Å². The van der Waals surface area contributed by atoms with Gasteiger partial charge in [-0.15, -0.1) is 0 Å². The Morgan fingerprint density at radius 1 is 1.41 bits per heavy atom. The van der Waals surface area contributed by atoms with E-state index in [2.05, 4.69) is 19.1 Å². The summed E-state index contributed by atoms with van der Waals surface area (Å²) < 4.78 is 0. The van der Waals surface area contributed by atoms with Crippen molar-refractivity contribution in [1.29, 1.82) is 0 Å². The number of carbonyl (C=O) groups excluding carboxylic acids is 1. The van der Waals surface area contributed by atoms with Crippen LogP contribution < -0.4 is 10.7 Å². The SMILES string of the molecule is CC(CN)c1ccccc1N1CCC(=O)N1C. The van der Waals surface area contributed by atoms with Crippen LogP contribution in [-0.4, -0.2) is 31.1 Å². The van der Waals surface area contributed by atoms with Crippen molar-refractivity contribution in [2.45, 2.75) is 19.3 Å². The van der Waals surface area contributed by atoms with E-state index in [1.165, 1.54) is 5.56 Å². The van der Waals surface area contributed by atoms with Gasteiger partial charge in [0.05, 0.1) is 5.69 Å². The second kappa shape index (κ2) is 4.75. The fraction of sp³-hybridized carbons (Fsp3) is 0.462. The lowest BCUT2D eigenvalue weighted by atomic mass is 9.99. The van der Waals surface area contributed by atoms with Gasteiger partial charge in [0.15, 0.2) is 0 Å². The van der Waals surface area contributed by atoms with Crippen molar-refractivity contribution >= 4 is 11.6 Å². The van der Waals surface area contributed by atoms with Gasteiger partial charge >= 0.3 is 0 Å². The molecule has 0 saturated carbocycles. The number of nitrogens with two attached hydrogens (primary N) is 1. The number of nitrogens with zero attached hydrogens (tertiary/aromatic N) is 2. The van der Waals surface area contributed by atoms with E-state index < -0.39 is 0 Å². The maximum absolute atomic E-state index is 11.6. The van der Waals surface area contributed by atoms with Gasteiger partial charge in [-0.05, 0) is 24.1 Å². The summed E-state index contributed by atoms with van der Waals surface area (Å²) in [7, 11) is 1.82. The van der Waals surface area contributed by atoms with Crippen molar-refractivity contribution in [2.24, 2.45) is 5.73 Å². The van der Waals surface area contributed by atoms with Gasteiger partial charge in [-0.2, -0.15) is 0 Å². The predicted octanol–water partition coefficient (Wildman–Crippen LogP) is 1.33. The molecule has 0 spiro atoms. The van der Waals surface area contributed by atoms with Crippen molar-refractivity contribution in [2.75, 3.05) is 25.1 Å². The molecule has 1 fully saturated rings. The lowest BCUT2D eigenvalue weighted by Crippen LogP contribution is -2.36. The molecular formula is C13H19N3O. The summed E-state index contributed by atoms with van der Waals surface area (Å²) >= 11 is 0. The van der Waals surface area contributed by atoms with Gasteiger partial charge in [-0.3, -0.25) is 14.8 Å². The Kier molecular flexibility index (Phi) is 3.33. The van der Waals surface area contributed by atoms with Crippen LogP contribution in [0.1, 0.15) is 24.8 Å². The molecular weight excluding hydrogens is 214 g/mol. The van der Waals surface area contributed by atoms with Crippen LogP contribution in [0.25, 0.3) is 0 Å². The van der Waals surface area contributed by atoms with Crippen LogP contribution in [0.3, 0.4) is 0 Å². The molecule has 1 unspecified atom stereocenters. The monoisotopic (exact) mass is 233 g/mol. The highest BCUT2D eigenvalue weighted by Crippen LogP contribution is 2.30. The molecule has 0 bridgehead atoms. The molecule has 2 N–H and O–H groups in total. The Balaban J connectivity index is 2.35. The number of anilines is 1. The first kappa shape index (κ1) is 11.9. The first-order valence-electron chi connectivity index (χ1n) is 5.98. The third-order valence-corrected chi connectivity index (χ3v) is 3.36. The van der Waals surface area contributed by atoms with Crippen LogP contribution in [0.2, 0.25) is 0 Å². The Morgan fingerprint density at radius 3 is 2.71 bits per heavy atom. The summed E-state index contributed by atoms with van der Waals surface area (Å²) in [5, 5.41) is 3.73. The van der Waals surface area contributed by atoms with E-state index in [9.17, 15) is 4.79 Å². The van der Waals surface area contributed by atoms with Crippen LogP contribution in [0.5, 0.6) is 0 Å². The third-order valence-electron chi connectivity index (χ3n) is 3.36. The smallest absolute Gasteiger partial charge is 0.242 e. The van der Waals surface area contributed by atoms with Crippen molar-refractivity contribution in [3.63, 3.8) is 0 Å². The van der Waals surface area contributed by atoms with Crippen LogP contribution in [0.4, 0.5) is 5.69 Å². The number of hydrogen-bond acceptors (Lipinski definition) is 3. The van der Waals surface area contributed by atoms with E-state index in [1.54, 1.807) is 5.01 Å². The number of para-hydroxylation sites is 1. The third kappa shape index (κ3) is 2.13. The Labute approximate surface area is 102 Å². The largest absolute Gasteiger partial charge is 0.330 e. The van der Waals surface area contributed by atoms with E-state index in [0.29, 0.717) is 18.9 Å². The summed E-state index contributed by atoms with van der Waals surface area (Å²) in [6.07, 6.45) is 0.585. The molecule has 0 radical (unpaired) electrons. The maximum Gasteiger partial charge on any atom is 0.242 e. The van der Waals surface area contributed by atoms with E-state index >= 15 is 0 Å². The topological polar surface area (TPSA) is 49.6 Å². The summed E-state index contributed by atoms with van der Waals surface area (Å²) in [6, 6.07) is 8.15. The highest BCUT2D eigenvalue weighted by atomic mass is 16.2. The second-order valence-corrected chi connectivity index (χ2v) is 4.49. The molecule has 1 amide bonds. The van der Waals surface area contributed by atoms with Gasteiger partial charge in [0.25, 0.3) is 0 Å². The molecule has 2 rings (SSSR count). The summed E-state index contributed by atoms with van der Waals surface area (Å²) in [5.74, 6) is 0.468. The van der Waals surface area contributed by atoms with Crippen molar-refractivity contribution < 1.29 is 4.79 Å². The van der Waals surface area contributed by atoms with Gasteiger partial charge in [0.2, 0.25) is 5.91 Å². The molecule has 1 saturated heterocycles. The molecule has 1 aromatic carbocycles. The van der Waals surface area contributed by atoms with Crippen LogP contribution in [-0.2, 0) is 4.79 Å². The Hall–Kier alpha value is -1.55. The van der Waals surface area contributed by atoms with E-state index in [4.69, 9.17) is 5.73 Å². The van der Waals surface area contributed by atoms with Gasteiger partial charge in [0, 0.05) is 20.0 Å². The lowest BCUT2D eigenvalue weighted by molar-refractivity contribution is -0.126. The highest BCUT2D eigenvalue weighted by Gasteiger charge is 2.27.